The second kappa shape index (κ2) is 9.82. The summed E-state index contributed by atoms with van der Waals surface area (Å²) in [6.45, 7) is 5.96. The van der Waals surface area contributed by atoms with E-state index in [1.54, 1.807) is 36.5 Å². The highest BCUT2D eigenvalue weighted by molar-refractivity contribution is 5.96. The zero-order valence-electron chi connectivity index (χ0n) is 20.8. The maximum Gasteiger partial charge on any atom is 0.337 e. The molecule has 0 amide bonds. The number of carboxylic acids is 1. The first-order valence-electron chi connectivity index (χ1n) is 12.0. The maximum atomic E-state index is 13.8. The van der Waals surface area contributed by atoms with Gasteiger partial charge in [0.1, 0.15) is 5.82 Å². The van der Waals surface area contributed by atoms with Crippen LogP contribution in [-0.4, -0.2) is 21.0 Å². The Bertz CT molecular complexity index is 1630. The zero-order chi connectivity index (χ0) is 26.1. The van der Waals surface area contributed by atoms with Crippen molar-refractivity contribution in [3.63, 3.8) is 0 Å². The summed E-state index contributed by atoms with van der Waals surface area (Å²) in [5, 5.41) is 13.9. The van der Waals surface area contributed by atoms with Crippen molar-refractivity contribution in [2.45, 2.75) is 26.8 Å². The van der Waals surface area contributed by atoms with E-state index in [0.717, 1.165) is 50.1 Å². The normalized spacial score (nSPS) is 11.9. The van der Waals surface area contributed by atoms with Crippen molar-refractivity contribution in [1.29, 1.82) is 0 Å². The number of para-hydroxylation sites is 1. The van der Waals surface area contributed by atoms with Crippen molar-refractivity contribution in [2.75, 3.05) is 5.32 Å². The zero-order valence-corrected chi connectivity index (χ0v) is 20.8. The number of hydrogen-bond acceptors (Lipinski definition) is 4. The number of benzene rings is 3. The lowest BCUT2D eigenvalue weighted by atomic mass is 9.93. The van der Waals surface area contributed by atoms with E-state index in [4.69, 9.17) is 4.98 Å². The molecule has 0 bridgehead atoms. The molecule has 5 nitrogen and oxygen atoms in total. The smallest absolute Gasteiger partial charge is 0.337 e. The van der Waals surface area contributed by atoms with Crippen molar-refractivity contribution < 1.29 is 14.3 Å². The number of carbonyl (C=O) groups is 1. The van der Waals surface area contributed by atoms with Gasteiger partial charge in [-0.3, -0.25) is 4.98 Å². The fourth-order valence-corrected chi connectivity index (χ4v) is 4.68. The molecule has 6 heteroatoms. The van der Waals surface area contributed by atoms with Gasteiger partial charge in [0.25, 0.3) is 0 Å². The summed E-state index contributed by atoms with van der Waals surface area (Å²) in [5.74, 6) is -1.29. The number of anilines is 1. The van der Waals surface area contributed by atoms with Crippen LogP contribution in [0.15, 0.2) is 85.1 Å². The van der Waals surface area contributed by atoms with Crippen molar-refractivity contribution in [1.82, 2.24) is 9.97 Å². The number of rotatable bonds is 6. The minimum absolute atomic E-state index is 0.209. The molecule has 2 aromatic heterocycles. The standard InChI is InChI=1S/C31H26FN3O2/c1-18-14-25(20(3)34-28-7-5-4-6-24(28)31(36)37)27-17-26(21-8-10-23(32)11-9-21)30(35-29(27)15-18)22-12-13-33-19(2)16-22/h4-17,20,34H,1-3H3,(H,36,37). The van der Waals surface area contributed by atoms with Gasteiger partial charge in [0, 0.05) is 40.1 Å². The summed E-state index contributed by atoms with van der Waals surface area (Å²) in [6.07, 6.45) is 1.76. The number of fused-ring (bicyclic) bond motifs is 1. The largest absolute Gasteiger partial charge is 0.478 e. The van der Waals surface area contributed by atoms with E-state index in [2.05, 4.69) is 22.4 Å². The van der Waals surface area contributed by atoms with Crippen LogP contribution in [0.3, 0.4) is 0 Å². The molecule has 0 saturated heterocycles. The van der Waals surface area contributed by atoms with Gasteiger partial charge in [-0.05, 0) is 86.0 Å². The summed E-state index contributed by atoms with van der Waals surface area (Å²) in [4.78, 5) is 21.2. The highest BCUT2D eigenvalue weighted by Crippen LogP contribution is 2.37. The lowest BCUT2D eigenvalue weighted by Crippen LogP contribution is -2.11. The molecule has 2 heterocycles. The van der Waals surface area contributed by atoms with Crippen LogP contribution in [0.25, 0.3) is 33.3 Å². The first-order chi connectivity index (χ1) is 17.8. The van der Waals surface area contributed by atoms with Crippen LogP contribution < -0.4 is 5.32 Å². The monoisotopic (exact) mass is 491 g/mol. The van der Waals surface area contributed by atoms with Crippen LogP contribution in [0.5, 0.6) is 0 Å². The van der Waals surface area contributed by atoms with Crippen LogP contribution >= 0.6 is 0 Å². The number of halogens is 1. The quantitative estimate of drug-likeness (QED) is 0.256. The van der Waals surface area contributed by atoms with E-state index in [1.165, 1.54) is 12.1 Å². The first kappa shape index (κ1) is 24.1. The van der Waals surface area contributed by atoms with Gasteiger partial charge in [-0.15, -0.1) is 0 Å². The molecule has 184 valence electrons. The number of nitrogens with one attached hydrogen (secondary N) is 1. The SMILES string of the molecule is Cc1cc(C(C)Nc2ccccc2C(=O)O)c2cc(-c3ccc(F)cc3)c(-c3ccnc(C)c3)nc2c1. The molecule has 0 aliphatic heterocycles. The van der Waals surface area contributed by atoms with Crippen molar-refractivity contribution in [3.05, 3.63) is 113 Å². The molecule has 3 aromatic carbocycles. The van der Waals surface area contributed by atoms with Gasteiger partial charge in [0.05, 0.1) is 16.8 Å². The molecule has 0 saturated carbocycles. The van der Waals surface area contributed by atoms with Gasteiger partial charge in [-0.1, -0.05) is 30.3 Å². The number of aromatic nitrogens is 2. The van der Waals surface area contributed by atoms with Gasteiger partial charge in [-0.2, -0.15) is 0 Å². The maximum absolute atomic E-state index is 13.8. The van der Waals surface area contributed by atoms with Crippen molar-refractivity contribution >= 4 is 22.6 Å². The van der Waals surface area contributed by atoms with E-state index in [-0.39, 0.29) is 17.4 Å². The molecular formula is C31H26FN3O2. The molecule has 5 rings (SSSR count). The fourth-order valence-electron chi connectivity index (χ4n) is 4.68. The third kappa shape index (κ3) is 4.91. The number of nitrogens with zero attached hydrogens (tertiary/aromatic N) is 2. The minimum atomic E-state index is -0.984. The highest BCUT2D eigenvalue weighted by Gasteiger charge is 2.18. The highest BCUT2D eigenvalue weighted by atomic mass is 19.1. The van der Waals surface area contributed by atoms with E-state index in [1.807, 2.05) is 45.0 Å². The molecule has 0 fully saturated rings. The summed E-state index contributed by atoms with van der Waals surface area (Å²) in [6, 6.07) is 23.2. The van der Waals surface area contributed by atoms with Crippen LogP contribution in [0.2, 0.25) is 0 Å². The summed E-state index contributed by atoms with van der Waals surface area (Å²) in [5.41, 5.74) is 7.95. The number of carboxylic acid groups (broad SMARTS) is 1. The molecule has 0 aliphatic carbocycles. The van der Waals surface area contributed by atoms with Crippen molar-refractivity contribution in [2.24, 2.45) is 0 Å². The van der Waals surface area contributed by atoms with Gasteiger partial charge >= 0.3 is 5.97 Å². The van der Waals surface area contributed by atoms with E-state index in [9.17, 15) is 14.3 Å². The van der Waals surface area contributed by atoms with Gasteiger partial charge in [0.15, 0.2) is 0 Å². The lowest BCUT2D eigenvalue weighted by molar-refractivity contribution is 0.0698. The summed E-state index contributed by atoms with van der Waals surface area (Å²) in [7, 11) is 0. The molecular weight excluding hydrogens is 465 g/mol. The van der Waals surface area contributed by atoms with Crippen LogP contribution in [0, 0.1) is 19.7 Å². The third-order valence-corrected chi connectivity index (χ3v) is 6.43. The predicted molar refractivity (Wildman–Crippen MR) is 145 cm³/mol. The Morgan fingerprint density at radius 2 is 1.70 bits per heavy atom. The molecule has 0 aliphatic rings. The Balaban J connectivity index is 1.71. The Morgan fingerprint density at radius 1 is 0.946 bits per heavy atom. The lowest BCUT2D eigenvalue weighted by Gasteiger charge is -2.21. The first-order valence-corrected chi connectivity index (χ1v) is 12.0. The van der Waals surface area contributed by atoms with Gasteiger partial charge in [-0.25, -0.2) is 14.2 Å². The van der Waals surface area contributed by atoms with E-state index < -0.39 is 5.97 Å². The molecule has 2 N–H and O–H groups in total. The molecule has 0 spiro atoms. The average Bonchev–Trinajstić information content (AvgIpc) is 2.88. The van der Waals surface area contributed by atoms with Crippen LogP contribution in [0.4, 0.5) is 10.1 Å². The Hall–Kier alpha value is -4.58. The predicted octanol–water partition coefficient (Wildman–Crippen LogP) is 7.59. The number of pyridine rings is 2. The fraction of sp³-hybridized carbons (Fsp3) is 0.129. The molecule has 0 radical (unpaired) electrons. The third-order valence-electron chi connectivity index (χ3n) is 6.43. The van der Waals surface area contributed by atoms with Crippen molar-refractivity contribution in [3.8, 4) is 22.4 Å². The second-order valence-corrected chi connectivity index (χ2v) is 9.21. The van der Waals surface area contributed by atoms with Gasteiger partial charge < -0.3 is 10.4 Å². The Morgan fingerprint density at radius 3 is 2.43 bits per heavy atom. The number of hydrogen-bond donors (Lipinski definition) is 2. The number of aryl methyl sites for hydroxylation is 2. The molecule has 5 aromatic rings. The van der Waals surface area contributed by atoms with E-state index in [0.29, 0.717) is 5.69 Å². The Labute approximate surface area is 214 Å². The summed E-state index contributed by atoms with van der Waals surface area (Å²) < 4.78 is 13.8. The average molecular weight is 492 g/mol. The summed E-state index contributed by atoms with van der Waals surface area (Å²) >= 11 is 0. The molecule has 1 atom stereocenters. The number of aromatic carboxylic acids is 1. The second-order valence-electron chi connectivity index (χ2n) is 9.21. The van der Waals surface area contributed by atoms with Crippen LogP contribution in [-0.2, 0) is 0 Å². The Kier molecular flexibility index (Phi) is 6.40. The van der Waals surface area contributed by atoms with E-state index >= 15 is 0 Å². The minimum Gasteiger partial charge on any atom is -0.478 e. The van der Waals surface area contributed by atoms with Crippen LogP contribution in [0.1, 0.15) is 40.1 Å². The molecule has 1 unspecified atom stereocenters. The molecule has 37 heavy (non-hydrogen) atoms. The topological polar surface area (TPSA) is 75.1 Å². The van der Waals surface area contributed by atoms with Gasteiger partial charge in [0.2, 0.25) is 0 Å².